The normalized spacial score (nSPS) is 44.1. The van der Waals surface area contributed by atoms with Crippen molar-refractivity contribution in [2.24, 2.45) is 11.8 Å². The van der Waals surface area contributed by atoms with E-state index in [1.807, 2.05) is 0 Å². The number of nitrogens with one attached hydrogen (secondary N) is 1. The smallest absolute Gasteiger partial charge is 0.239 e. The summed E-state index contributed by atoms with van der Waals surface area (Å²) in [6.07, 6.45) is 7.56. The van der Waals surface area contributed by atoms with Gasteiger partial charge in [-0.3, -0.25) is 4.79 Å². The quantitative estimate of drug-likeness (QED) is 0.773. The number of fused-ring (bicyclic) bond motifs is 1. The van der Waals surface area contributed by atoms with Gasteiger partial charge in [0, 0.05) is 18.6 Å². The molecule has 1 N–H and O–H groups in total. The molecule has 102 valence electrons. The molecule has 18 heavy (non-hydrogen) atoms. The Labute approximate surface area is 110 Å². The fourth-order valence-electron chi connectivity index (χ4n) is 4.12. The highest BCUT2D eigenvalue weighted by atomic mass is 16.2. The van der Waals surface area contributed by atoms with Crippen LogP contribution in [-0.4, -0.2) is 35.5 Å². The van der Waals surface area contributed by atoms with E-state index in [0.717, 1.165) is 18.9 Å². The molecule has 5 atom stereocenters. The van der Waals surface area contributed by atoms with Crippen molar-refractivity contribution in [3.8, 4) is 0 Å². The highest BCUT2D eigenvalue weighted by Crippen LogP contribution is 2.34. The minimum atomic E-state index is 0.117. The molecule has 1 saturated carbocycles. The lowest BCUT2D eigenvalue weighted by molar-refractivity contribution is -0.134. The summed E-state index contributed by atoms with van der Waals surface area (Å²) in [5.41, 5.74) is 0. The van der Waals surface area contributed by atoms with Crippen LogP contribution in [-0.2, 0) is 4.79 Å². The van der Waals surface area contributed by atoms with Gasteiger partial charge in [-0.1, -0.05) is 19.8 Å². The Morgan fingerprint density at radius 3 is 2.61 bits per heavy atom. The maximum atomic E-state index is 12.6. The van der Waals surface area contributed by atoms with Gasteiger partial charge < -0.3 is 10.2 Å². The Morgan fingerprint density at radius 1 is 1.17 bits per heavy atom. The van der Waals surface area contributed by atoms with Crippen molar-refractivity contribution in [3.63, 3.8) is 0 Å². The lowest BCUT2D eigenvalue weighted by Crippen LogP contribution is -2.47. The zero-order valence-corrected chi connectivity index (χ0v) is 11.7. The molecule has 0 aromatic heterocycles. The third-order valence-electron chi connectivity index (χ3n) is 5.58. The topological polar surface area (TPSA) is 32.3 Å². The van der Waals surface area contributed by atoms with E-state index in [-0.39, 0.29) is 6.04 Å². The number of likely N-dealkylation sites (tertiary alicyclic amines) is 1. The van der Waals surface area contributed by atoms with Gasteiger partial charge in [0.05, 0.1) is 6.04 Å². The van der Waals surface area contributed by atoms with Crippen LogP contribution < -0.4 is 5.32 Å². The van der Waals surface area contributed by atoms with E-state index >= 15 is 0 Å². The second-order valence-electron chi connectivity index (χ2n) is 6.64. The number of carbonyl (C=O) groups is 1. The Hall–Kier alpha value is -0.570. The molecular formula is C15H26N2O. The average Bonchev–Trinajstić information content (AvgIpc) is 2.94. The van der Waals surface area contributed by atoms with Crippen LogP contribution >= 0.6 is 0 Å². The molecule has 2 saturated heterocycles. The lowest BCUT2D eigenvalue weighted by Gasteiger charge is -2.27. The molecule has 3 fully saturated rings. The molecule has 0 radical (unpaired) electrons. The van der Waals surface area contributed by atoms with Gasteiger partial charge in [-0.15, -0.1) is 0 Å². The monoisotopic (exact) mass is 250 g/mol. The van der Waals surface area contributed by atoms with E-state index in [0.29, 0.717) is 23.9 Å². The Kier molecular flexibility index (Phi) is 3.35. The molecule has 3 heteroatoms. The van der Waals surface area contributed by atoms with Crippen LogP contribution in [0.1, 0.15) is 52.4 Å². The third kappa shape index (κ3) is 2.07. The van der Waals surface area contributed by atoms with Gasteiger partial charge in [-0.25, -0.2) is 0 Å². The van der Waals surface area contributed by atoms with Crippen molar-refractivity contribution in [2.45, 2.75) is 70.5 Å². The van der Waals surface area contributed by atoms with E-state index in [1.165, 1.54) is 32.1 Å². The van der Waals surface area contributed by atoms with Crippen LogP contribution in [0.3, 0.4) is 0 Å². The molecule has 1 aliphatic carbocycles. The summed E-state index contributed by atoms with van der Waals surface area (Å²) in [5, 5.41) is 3.61. The number of nitrogens with zero attached hydrogens (tertiary/aromatic N) is 1. The molecule has 1 amide bonds. The number of rotatable bonds is 1. The summed E-state index contributed by atoms with van der Waals surface area (Å²) in [7, 11) is 0. The molecule has 0 aromatic carbocycles. The minimum Gasteiger partial charge on any atom is -0.338 e. The highest BCUT2D eigenvalue weighted by Gasteiger charge is 2.42. The van der Waals surface area contributed by atoms with Crippen LogP contribution in [0.25, 0.3) is 0 Å². The Balaban J connectivity index is 1.63. The van der Waals surface area contributed by atoms with Gasteiger partial charge >= 0.3 is 0 Å². The number of hydrogen-bond donors (Lipinski definition) is 1. The predicted molar refractivity (Wildman–Crippen MR) is 72.2 cm³/mol. The van der Waals surface area contributed by atoms with E-state index in [1.54, 1.807) is 0 Å². The maximum absolute atomic E-state index is 12.6. The van der Waals surface area contributed by atoms with Gasteiger partial charge in [0.1, 0.15) is 0 Å². The molecule has 2 heterocycles. The summed E-state index contributed by atoms with van der Waals surface area (Å²) in [4.78, 5) is 14.7. The molecule has 3 rings (SSSR count). The molecule has 0 spiro atoms. The summed E-state index contributed by atoms with van der Waals surface area (Å²) in [6, 6.07) is 1.18. The first-order valence-electron chi connectivity index (χ1n) is 7.73. The predicted octanol–water partition coefficient (Wildman–Crippen LogP) is 2.16. The minimum absolute atomic E-state index is 0.117. The van der Waals surface area contributed by atoms with Crippen LogP contribution in [0.4, 0.5) is 0 Å². The molecule has 0 aromatic rings. The van der Waals surface area contributed by atoms with Crippen LogP contribution in [0.2, 0.25) is 0 Å². The van der Waals surface area contributed by atoms with Gasteiger partial charge in [0.15, 0.2) is 0 Å². The van der Waals surface area contributed by atoms with E-state index < -0.39 is 0 Å². The molecule has 3 nitrogen and oxygen atoms in total. The van der Waals surface area contributed by atoms with Crippen molar-refractivity contribution >= 4 is 5.91 Å². The van der Waals surface area contributed by atoms with E-state index in [2.05, 4.69) is 24.1 Å². The Morgan fingerprint density at radius 2 is 1.94 bits per heavy atom. The van der Waals surface area contributed by atoms with Crippen LogP contribution in [0.5, 0.6) is 0 Å². The largest absolute Gasteiger partial charge is 0.338 e. The fourth-order valence-corrected chi connectivity index (χ4v) is 4.12. The van der Waals surface area contributed by atoms with E-state index in [4.69, 9.17) is 0 Å². The van der Waals surface area contributed by atoms with Crippen molar-refractivity contribution in [1.82, 2.24) is 10.2 Å². The first-order chi connectivity index (χ1) is 8.66. The second-order valence-corrected chi connectivity index (χ2v) is 6.64. The molecule has 2 aliphatic heterocycles. The number of hydrogen-bond acceptors (Lipinski definition) is 2. The lowest BCUT2D eigenvalue weighted by atomic mass is 9.85. The second kappa shape index (κ2) is 4.84. The summed E-state index contributed by atoms with van der Waals surface area (Å²) < 4.78 is 0. The van der Waals surface area contributed by atoms with Crippen LogP contribution in [0.15, 0.2) is 0 Å². The standard InChI is InChI=1S/C15H26N2O/c1-10-7-8-17(11(10)2)15(18)14-9-12-5-3-4-6-13(12)16-14/h10-14,16H,3-9H2,1-2H3/t10-,11+,12+,13+,14+/m1/s1. The van der Waals surface area contributed by atoms with E-state index in [9.17, 15) is 4.79 Å². The molecular weight excluding hydrogens is 224 g/mol. The number of amides is 1. The fraction of sp³-hybridized carbons (Fsp3) is 0.933. The van der Waals surface area contributed by atoms with Crippen molar-refractivity contribution in [2.75, 3.05) is 6.54 Å². The van der Waals surface area contributed by atoms with Crippen LogP contribution in [0, 0.1) is 11.8 Å². The average molecular weight is 250 g/mol. The van der Waals surface area contributed by atoms with Gasteiger partial charge in [-0.2, -0.15) is 0 Å². The number of carbonyl (C=O) groups excluding carboxylic acids is 1. The van der Waals surface area contributed by atoms with Gasteiger partial charge in [-0.05, 0) is 44.4 Å². The van der Waals surface area contributed by atoms with Crippen molar-refractivity contribution in [3.05, 3.63) is 0 Å². The SMILES string of the molecule is C[C@@H]1CCN(C(=O)[C@@H]2C[C@@H]3CCCC[C@@H]3N2)[C@H]1C. The van der Waals surface area contributed by atoms with Crippen molar-refractivity contribution in [1.29, 1.82) is 0 Å². The highest BCUT2D eigenvalue weighted by molar-refractivity contribution is 5.83. The van der Waals surface area contributed by atoms with Crippen molar-refractivity contribution < 1.29 is 4.79 Å². The summed E-state index contributed by atoms with van der Waals surface area (Å²) in [6.45, 7) is 5.44. The van der Waals surface area contributed by atoms with Gasteiger partial charge in [0.25, 0.3) is 0 Å². The first-order valence-corrected chi connectivity index (χ1v) is 7.73. The van der Waals surface area contributed by atoms with Gasteiger partial charge in [0.2, 0.25) is 5.91 Å². The summed E-state index contributed by atoms with van der Waals surface area (Å²) >= 11 is 0. The zero-order chi connectivity index (χ0) is 12.7. The summed E-state index contributed by atoms with van der Waals surface area (Å²) in [5.74, 6) is 1.81. The molecule has 3 aliphatic rings. The maximum Gasteiger partial charge on any atom is 0.239 e. The third-order valence-corrected chi connectivity index (χ3v) is 5.58. The molecule has 0 unspecified atom stereocenters. The molecule has 0 bridgehead atoms. The zero-order valence-electron chi connectivity index (χ0n) is 11.7. The Bertz CT molecular complexity index is 316. The first kappa shape index (κ1) is 12.5.